The van der Waals surface area contributed by atoms with Gasteiger partial charge in [-0.15, -0.1) is 0 Å². The molecule has 1 amide bonds. The predicted molar refractivity (Wildman–Crippen MR) is 87.1 cm³/mol. The number of benzene rings is 1. The van der Waals surface area contributed by atoms with E-state index in [2.05, 4.69) is 4.72 Å². The first kappa shape index (κ1) is 17.9. The Morgan fingerprint density at radius 2 is 1.91 bits per heavy atom. The van der Waals surface area contributed by atoms with Crippen LogP contribution in [0.3, 0.4) is 0 Å². The fourth-order valence-corrected chi connectivity index (χ4v) is 5.81. The standard InChI is InChI=1S/C14H20N2O5S2/c1-9(2)15-23(20,21)13-6-5-12(7-10(13)3)16-14(17)11(4)8-22(16,18)19/h5-7,9,11,15H,8H2,1-4H3. The van der Waals surface area contributed by atoms with Crippen molar-refractivity contribution >= 4 is 31.6 Å². The molecule has 1 saturated heterocycles. The molecule has 1 aromatic rings. The number of aryl methyl sites for hydroxylation is 1. The van der Waals surface area contributed by atoms with Crippen molar-refractivity contribution in [2.75, 3.05) is 10.1 Å². The van der Waals surface area contributed by atoms with Crippen molar-refractivity contribution in [1.29, 1.82) is 0 Å². The van der Waals surface area contributed by atoms with Crippen molar-refractivity contribution in [3.63, 3.8) is 0 Å². The number of rotatable bonds is 4. The lowest BCUT2D eigenvalue weighted by Crippen LogP contribution is -2.32. The Balaban J connectivity index is 2.47. The molecule has 0 spiro atoms. The van der Waals surface area contributed by atoms with Crippen LogP contribution in [0.2, 0.25) is 0 Å². The van der Waals surface area contributed by atoms with E-state index in [1.807, 2.05) is 0 Å². The number of anilines is 1. The highest BCUT2D eigenvalue weighted by atomic mass is 32.2. The number of hydrogen-bond acceptors (Lipinski definition) is 5. The summed E-state index contributed by atoms with van der Waals surface area (Å²) in [6.45, 7) is 6.53. The number of sulfonamides is 2. The van der Waals surface area contributed by atoms with Crippen LogP contribution in [-0.2, 0) is 24.8 Å². The molecule has 1 N–H and O–H groups in total. The molecule has 1 aliphatic rings. The van der Waals surface area contributed by atoms with Crippen molar-refractivity contribution in [2.45, 2.75) is 38.6 Å². The largest absolute Gasteiger partial charge is 0.273 e. The fourth-order valence-electron chi connectivity index (χ4n) is 2.52. The van der Waals surface area contributed by atoms with E-state index in [9.17, 15) is 21.6 Å². The van der Waals surface area contributed by atoms with Crippen LogP contribution in [0, 0.1) is 12.8 Å². The Labute approximate surface area is 136 Å². The lowest BCUT2D eigenvalue weighted by molar-refractivity contribution is -0.119. The molecule has 1 heterocycles. The zero-order chi connectivity index (χ0) is 17.6. The quantitative estimate of drug-likeness (QED) is 0.863. The molecule has 0 radical (unpaired) electrons. The van der Waals surface area contributed by atoms with Crippen LogP contribution in [0.4, 0.5) is 5.69 Å². The van der Waals surface area contributed by atoms with E-state index in [0.29, 0.717) is 5.56 Å². The number of nitrogens with one attached hydrogen (secondary N) is 1. The minimum absolute atomic E-state index is 0.0621. The van der Waals surface area contributed by atoms with Crippen LogP contribution in [0.25, 0.3) is 0 Å². The second kappa shape index (κ2) is 5.88. The Kier molecular flexibility index (Phi) is 4.57. The Bertz CT molecular complexity index is 844. The van der Waals surface area contributed by atoms with E-state index in [4.69, 9.17) is 0 Å². The molecule has 0 bridgehead atoms. The molecule has 0 aliphatic carbocycles. The molecule has 1 aliphatic heterocycles. The van der Waals surface area contributed by atoms with Crippen LogP contribution >= 0.6 is 0 Å². The monoisotopic (exact) mass is 360 g/mol. The van der Waals surface area contributed by atoms with Crippen LogP contribution in [0.1, 0.15) is 26.3 Å². The van der Waals surface area contributed by atoms with Crippen LogP contribution < -0.4 is 9.03 Å². The Morgan fingerprint density at radius 3 is 2.35 bits per heavy atom. The maximum Gasteiger partial charge on any atom is 0.244 e. The molecule has 23 heavy (non-hydrogen) atoms. The summed E-state index contributed by atoms with van der Waals surface area (Å²) in [7, 11) is -7.39. The normalized spacial score (nSPS) is 21.2. The van der Waals surface area contributed by atoms with Gasteiger partial charge in [0.05, 0.1) is 22.3 Å². The van der Waals surface area contributed by atoms with E-state index < -0.39 is 31.9 Å². The van der Waals surface area contributed by atoms with Gasteiger partial charge in [-0.2, -0.15) is 0 Å². The van der Waals surface area contributed by atoms with Crippen molar-refractivity contribution in [3.8, 4) is 0 Å². The second-order valence-electron chi connectivity index (χ2n) is 6.01. The molecule has 9 heteroatoms. The molecule has 0 aromatic heterocycles. The lowest BCUT2D eigenvalue weighted by atomic mass is 10.2. The second-order valence-corrected chi connectivity index (χ2v) is 9.55. The summed E-state index contributed by atoms with van der Waals surface area (Å²) >= 11 is 0. The van der Waals surface area contributed by atoms with Crippen LogP contribution in [-0.4, -0.2) is 34.5 Å². The molecule has 128 valence electrons. The number of nitrogens with zero attached hydrogens (tertiary/aromatic N) is 1. The smallest absolute Gasteiger partial charge is 0.244 e. The summed E-state index contributed by atoms with van der Waals surface area (Å²) in [5, 5.41) is 0. The summed E-state index contributed by atoms with van der Waals surface area (Å²) < 4.78 is 51.9. The van der Waals surface area contributed by atoms with Gasteiger partial charge in [-0.25, -0.2) is 25.9 Å². The van der Waals surface area contributed by atoms with E-state index in [0.717, 1.165) is 4.31 Å². The zero-order valence-corrected chi connectivity index (χ0v) is 15.0. The maximum absolute atomic E-state index is 12.2. The first-order valence-electron chi connectivity index (χ1n) is 7.15. The maximum atomic E-state index is 12.2. The summed E-state index contributed by atoms with van der Waals surface area (Å²) in [6, 6.07) is 3.80. The Morgan fingerprint density at radius 1 is 1.30 bits per heavy atom. The number of carbonyl (C=O) groups excluding carboxylic acids is 1. The number of amides is 1. The average molecular weight is 360 g/mol. The summed E-state index contributed by atoms with van der Waals surface area (Å²) in [5.41, 5.74) is 0.540. The van der Waals surface area contributed by atoms with Gasteiger partial charge in [0.25, 0.3) is 0 Å². The first-order chi connectivity index (χ1) is 10.5. The summed E-state index contributed by atoms with van der Waals surface area (Å²) in [6.07, 6.45) is 0. The Hall–Kier alpha value is -1.45. The van der Waals surface area contributed by atoms with Crippen molar-refractivity contribution in [1.82, 2.24) is 4.72 Å². The van der Waals surface area contributed by atoms with Crippen molar-refractivity contribution < 1.29 is 21.6 Å². The molecule has 1 unspecified atom stereocenters. The van der Waals surface area contributed by atoms with E-state index in [1.165, 1.54) is 18.2 Å². The van der Waals surface area contributed by atoms with Gasteiger partial charge in [-0.1, -0.05) is 6.92 Å². The van der Waals surface area contributed by atoms with Gasteiger partial charge in [0.2, 0.25) is 26.0 Å². The summed E-state index contributed by atoms with van der Waals surface area (Å²) in [5.74, 6) is -1.34. The van der Waals surface area contributed by atoms with Gasteiger partial charge in [-0.05, 0) is 44.5 Å². The van der Waals surface area contributed by atoms with Gasteiger partial charge in [0.15, 0.2) is 0 Å². The molecule has 1 fully saturated rings. The number of hydrogen-bond donors (Lipinski definition) is 1. The fraction of sp³-hybridized carbons (Fsp3) is 0.500. The molecule has 2 rings (SSSR count). The predicted octanol–water partition coefficient (Wildman–Crippen LogP) is 0.994. The van der Waals surface area contributed by atoms with E-state index in [-0.39, 0.29) is 22.4 Å². The van der Waals surface area contributed by atoms with E-state index >= 15 is 0 Å². The molecule has 1 atom stereocenters. The molecular weight excluding hydrogens is 340 g/mol. The highest BCUT2D eigenvalue weighted by Gasteiger charge is 2.42. The lowest BCUT2D eigenvalue weighted by Gasteiger charge is -2.18. The third-order valence-electron chi connectivity index (χ3n) is 3.43. The third kappa shape index (κ3) is 3.41. The first-order valence-corrected chi connectivity index (χ1v) is 10.2. The van der Waals surface area contributed by atoms with Crippen LogP contribution in [0.15, 0.2) is 23.1 Å². The topological polar surface area (TPSA) is 101 Å². The molecule has 0 saturated carbocycles. The third-order valence-corrected chi connectivity index (χ3v) is 7.12. The van der Waals surface area contributed by atoms with Gasteiger partial charge in [-0.3, -0.25) is 4.79 Å². The van der Waals surface area contributed by atoms with Gasteiger partial charge < -0.3 is 0 Å². The van der Waals surface area contributed by atoms with Crippen molar-refractivity contribution in [2.24, 2.45) is 5.92 Å². The zero-order valence-electron chi connectivity index (χ0n) is 13.4. The summed E-state index contributed by atoms with van der Waals surface area (Å²) in [4.78, 5) is 12.1. The SMILES string of the molecule is Cc1cc(N2C(=O)C(C)CS2(=O)=O)ccc1S(=O)(=O)NC(C)C. The number of carbonyl (C=O) groups is 1. The minimum atomic E-state index is -3.70. The van der Waals surface area contributed by atoms with Crippen LogP contribution in [0.5, 0.6) is 0 Å². The average Bonchev–Trinajstić information content (AvgIpc) is 2.55. The van der Waals surface area contributed by atoms with Crippen molar-refractivity contribution in [3.05, 3.63) is 23.8 Å². The highest BCUT2D eigenvalue weighted by Crippen LogP contribution is 2.30. The van der Waals surface area contributed by atoms with E-state index in [1.54, 1.807) is 27.7 Å². The molecule has 7 nitrogen and oxygen atoms in total. The minimum Gasteiger partial charge on any atom is -0.273 e. The van der Waals surface area contributed by atoms with Gasteiger partial charge in [0.1, 0.15) is 0 Å². The highest BCUT2D eigenvalue weighted by molar-refractivity contribution is 7.94. The van der Waals surface area contributed by atoms with Gasteiger partial charge >= 0.3 is 0 Å². The molecule has 1 aromatic carbocycles. The molecular formula is C14H20N2O5S2. The van der Waals surface area contributed by atoms with Gasteiger partial charge in [0, 0.05) is 6.04 Å².